The van der Waals surface area contributed by atoms with Gasteiger partial charge >= 0.3 is 23.8 Å². The number of hydrogen-bond donors (Lipinski definition) is 2. The number of urea groups is 1. The summed E-state index contributed by atoms with van der Waals surface area (Å²) < 4.78 is 5.57. The van der Waals surface area contributed by atoms with Crippen molar-refractivity contribution in [2.24, 2.45) is 0 Å². The third kappa shape index (κ3) is 3.54. The van der Waals surface area contributed by atoms with Gasteiger partial charge in [0.1, 0.15) is 17.9 Å². The third-order valence-electron chi connectivity index (χ3n) is 3.76. The van der Waals surface area contributed by atoms with E-state index in [-0.39, 0.29) is 24.5 Å². The van der Waals surface area contributed by atoms with E-state index in [1.54, 1.807) is 0 Å². The lowest BCUT2D eigenvalue weighted by atomic mass is 10.1. The summed E-state index contributed by atoms with van der Waals surface area (Å²) in [7, 11) is 0. The van der Waals surface area contributed by atoms with E-state index < -0.39 is 23.8 Å². The van der Waals surface area contributed by atoms with Crippen molar-refractivity contribution >= 4 is 23.8 Å². The average Bonchev–Trinajstić information content (AvgIpc) is 2.87. The first-order valence-electron chi connectivity index (χ1n) is 7.65. The quantitative estimate of drug-likeness (QED) is 0.601. The zero-order valence-corrected chi connectivity index (χ0v) is 13.5. The Hall–Kier alpha value is -3.68. The van der Waals surface area contributed by atoms with Crippen molar-refractivity contribution in [2.45, 2.75) is 13.2 Å². The van der Waals surface area contributed by atoms with Gasteiger partial charge in [0.05, 0.1) is 6.54 Å². The molecule has 2 N–H and O–H groups in total. The van der Waals surface area contributed by atoms with Crippen LogP contribution in [0.4, 0.5) is 4.79 Å². The molecule has 4 amide bonds. The van der Waals surface area contributed by atoms with Crippen LogP contribution in [0.3, 0.4) is 0 Å². The Morgan fingerprint density at radius 3 is 2.38 bits per heavy atom. The number of aromatic carboxylic acids is 1. The van der Waals surface area contributed by atoms with Gasteiger partial charge in [0.25, 0.3) is 0 Å². The number of rotatable bonds is 6. The van der Waals surface area contributed by atoms with Crippen LogP contribution in [-0.4, -0.2) is 33.8 Å². The van der Waals surface area contributed by atoms with E-state index in [1.165, 1.54) is 18.2 Å². The first-order valence-corrected chi connectivity index (χ1v) is 7.65. The maximum Gasteiger partial charge on any atom is 0.339 e. The van der Waals surface area contributed by atoms with Gasteiger partial charge in [0.2, 0.25) is 0 Å². The molecular formula is C18H14N2O6. The summed E-state index contributed by atoms with van der Waals surface area (Å²) in [6, 6.07) is 12.7. The van der Waals surface area contributed by atoms with Crippen LogP contribution in [0.25, 0.3) is 0 Å². The fourth-order valence-corrected chi connectivity index (χ4v) is 2.46. The van der Waals surface area contributed by atoms with E-state index in [1.807, 2.05) is 35.6 Å². The Kier molecular flexibility index (Phi) is 4.66. The van der Waals surface area contributed by atoms with Crippen molar-refractivity contribution in [1.82, 2.24) is 10.2 Å². The minimum Gasteiger partial charge on any atom is -0.488 e. The highest BCUT2D eigenvalue weighted by atomic mass is 16.5. The molecule has 0 aliphatic carbocycles. The Labute approximate surface area is 148 Å². The lowest BCUT2D eigenvalue weighted by Crippen LogP contribution is -2.30. The van der Waals surface area contributed by atoms with Gasteiger partial charge < -0.3 is 9.84 Å². The SMILES string of the molecule is O=C1NC(=O)N(Cc2ccc(OCc3ccccc3)c(C(=O)O)c2)C1=O. The van der Waals surface area contributed by atoms with E-state index in [9.17, 15) is 24.3 Å². The molecule has 0 atom stereocenters. The van der Waals surface area contributed by atoms with Crippen LogP contribution >= 0.6 is 0 Å². The largest absolute Gasteiger partial charge is 0.488 e. The lowest BCUT2D eigenvalue weighted by Gasteiger charge is -2.14. The van der Waals surface area contributed by atoms with Gasteiger partial charge in [-0.2, -0.15) is 0 Å². The van der Waals surface area contributed by atoms with Crippen LogP contribution in [0, 0.1) is 0 Å². The molecule has 0 unspecified atom stereocenters. The van der Waals surface area contributed by atoms with Crippen LogP contribution < -0.4 is 10.1 Å². The first kappa shape index (κ1) is 17.2. The molecule has 1 heterocycles. The number of amides is 4. The zero-order chi connectivity index (χ0) is 18.7. The maximum atomic E-state index is 11.6. The van der Waals surface area contributed by atoms with Crippen LogP contribution in [0.5, 0.6) is 5.75 Å². The van der Waals surface area contributed by atoms with Crippen molar-refractivity contribution in [3.63, 3.8) is 0 Å². The Morgan fingerprint density at radius 2 is 1.77 bits per heavy atom. The second-order valence-electron chi connectivity index (χ2n) is 5.56. The van der Waals surface area contributed by atoms with Crippen LogP contribution in [-0.2, 0) is 22.7 Å². The number of ether oxygens (including phenoxy) is 1. The fraction of sp³-hybridized carbons (Fsp3) is 0.111. The van der Waals surface area contributed by atoms with Crippen molar-refractivity contribution in [2.75, 3.05) is 0 Å². The van der Waals surface area contributed by atoms with Gasteiger partial charge in [-0.15, -0.1) is 0 Å². The number of carbonyl (C=O) groups is 4. The van der Waals surface area contributed by atoms with Crippen molar-refractivity contribution in [1.29, 1.82) is 0 Å². The smallest absolute Gasteiger partial charge is 0.339 e. The molecular weight excluding hydrogens is 340 g/mol. The molecule has 0 radical (unpaired) electrons. The van der Waals surface area contributed by atoms with Crippen LogP contribution in [0.2, 0.25) is 0 Å². The predicted octanol–water partition coefficient (Wildman–Crippen LogP) is 1.54. The van der Waals surface area contributed by atoms with Gasteiger partial charge in [-0.1, -0.05) is 36.4 Å². The van der Waals surface area contributed by atoms with E-state index >= 15 is 0 Å². The maximum absolute atomic E-state index is 11.6. The molecule has 1 saturated heterocycles. The summed E-state index contributed by atoms with van der Waals surface area (Å²) in [6.45, 7) is -0.0162. The lowest BCUT2D eigenvalue weighted by molar-refractivity contribution is -0.140. The second-order valence-corrected chi connectivity index (χ2v) is 5.56. The number of carbonyl (C=O) groups excluding carboxylic acids is 3. The zero-order valence-electron chi connectivity index (χ0n) is 13.5. The first-order chi connectivity index (χ1) is 12.5. The number of nitrogens with one attached hydrogen (secondary N) is 1. The molecule has 1 aliphatic heterocycles. The van der Waals surface area contributed by atoms with Gasteiger partial charge in [-0.05, 0) is 23.3 Å². The predicted molar refractivity (Wildman–Crippen MR) is 88.3 cm³/mol. The Balaban J connectivity index is 1.78. The summed E-state index contributed by atoms with van der Waals surface area (Å²) in [5.74, 6) is -3.02. The molecule has 1 aliphatic rings. The topological polar surface area (TPSA) is 113 Å². The number of nitrogens with zero attached hydrogens (tertiary/aromatic N) is 1. The molecule has 2 aromatic rings. The van der Waals surface area contributed by atoms with Gasteiger partial charge in [0, 0.05) is 0 Å². The van der Waals surface area contributed by atoms with Crippen LogP contribution in [0.15, 0.2) is 48.5 Å². The summed E-state index contributed by atoms with van der Waals surface area (Å²) in [5.41, 5.74) is 1.16. The number of carboxylic acid groups (broad SMARTS) is 1. The Morgan fingerprint density at radius 1 is 1.04 bits per heavy atom. The molecule has 0 bridgehead atoms. The highest BCUT2D eigenvalue weighted by Crippen LogP contribution is 2.23. The molecule has 0 saturated carbocycles. The molecule has 8 nitrogen and oxygen atoms in total. The highest BCUT2D eigenvalue weighted by Gasteiger charge is 2.36. The fourth-order valence-electron chi connectivity index (χ4n) is 2.46. The number of imide groups is 2. The molecule has 1 fully saturated rings. The van der Waals surface area contributed by atoms with Gasteiger partial charge in [-0.3, -0.25) is 19.8 Å². The van der Waals surface area contributed by atoms with E-state index in [0.29, 0.717) is 10.5 Å². The van der Waals surface area contributed by atoms with E-state index in [4.69, 9.17) is 4.74 Å². The monoisotopic (exact) mass is 354 g/mol. The summed E-state index contributed by atoms with van der Waals surface area (Å²) >= 11 is 0. The standard InChI is InChI=1S/C18H14N2O6/c21-15-16(22)20(18(25)19-15)9-12-6-7-14(13(8-12)17(23)24)26-10-11-4-2-1-3-5-11/h1-8H,9-10H2,(H,23,24)(H,19,21,25). The minimum absolute atomic E-state index is 0.100. The molecule has 26 heavy (non-hydrogen) atoms. The van der Waals surface area contributed by atoms with Crippen LogP contribution in [0.1, 0.15) is 21.5 Å². The summed E-state index contributed by atoms with van der Waals surface area (Å²) in [6.07, 6.45) is 0. The molecule has 8 heteroatoms. The van der Waals surface area contributed by atoms with Crippen molar-refractivity contribution in [3.05, 3.63) is 65.2 Å². The number of hydrogen-bond acceptors (Lipinski definition) is 5. The average molecular weight is 354 g/mol. The van der Waals surface area contributed by atoms with Gasteiger partial charge in [-0.25, -0.2) is 9.59 Å². The second kappa shape index (κ2) is 7.06. The molecule has 3 rings (SSSR count). The highest BCUT2D eigenvalue weighted by molar-refractivity contribution is 6.44. The van der Waals surface area contributed by atoms with Crippen molar-refractivity contribution in [3.8, 4) is 5.75 Å². The summed E-state index contributed by atoms with van der Waals surface area (Å²) in [4.78, 5) is 46.6. The molecule has 0 aromatic heterocycles. The summed E-state index contributed by atoms with van der Waals surface area (Å²) in [5, 5.41) is 11.3. The molecule has 2 aromatic carbocycles. The molecule has 132 valence electrons. The van der Waals surface area contributed by atoms with Crippen molar-refractivity contribution < 1.29 is 29.0 Å². The molecule has 0 spiro atoms. The number of carboxylic acids is 1. The van der Waals surface area contributed by atoms with E-state index in [2.05, 4.69) is 0 Å². The minimum atomic E-state index is -1.21. The normalized spacial score (nSPS) is 13.7. The van der Waals surface area contributed by atoms with E-state index in [0.717, 1.165) is 5.56 Å². The number of benzene rings is 2. The van der Waals surface area contributed by atoms with Gasteiger partial charge in [0.15, 0.2) is 0 Å². The third-order valence-corrected chi connectivity index (χ3v) is 3.76. The Bertz CT molecular complexity index is 894.